The van der Waals surface area contributed by atoms with Crippen molar-refractivity contribution in [2.24, 2.45) is 0 Å². The number of rotatable bonds is 23. The van der Waals surface area contributed by atoms with Crippen LogP contribution >= 0.6 is 7.82 Å². The fourth-order valence-corrected chi connectivity index (χ4v) is 3.52. The maximum absolute atomic E-state index is 12.2. The fourth-order valence-electron chi connectivity index (χ4n) is 2.73. The van der Waals surface area contributed by atoms with Gasteiger partial charge in [0.25, 0.3) is 0 Å². The molecule has 0 radical (unpaired) electrons. The lowest BCUT2D eigenvalue weighted by Crippen LogP contribution is -2.29. The number of phosphoric ester groups is 1. The molecule has 0 bridgehead atoms. The average Bonchev–Trinajstić information content (AvgIpc) is 2.90. The fraction of sp³-hybridized carbons (Fsp3) is 0.630. The van der Waals surface area contributed by atoms with Crippen LogP contribution in [0.25, 0.3) is 0 Å². The zero-order valence-electron chi connectivity index (χ0n) is 22.6. The minimum absolute atomic E-state index is 0.111. The lowest BCUT2D eigenvalue weighted by molar-refractivity contribution is -0.161. The Kier molecular flexibility index (Phi) is 22.7. The summed E-state index contributed by atoms with van der Waals surface area (Å²) < 4.78 is 31.5. The summed E-state index contributed by atoms with van der Waals surface area (Å²) in [5.74, 6) is -1.08. The average molecular weight is 561 g/mol. The Balaban J connectivity index is 4.29. The number of hydrogen-bond acceptors (Lipinski definition) is 9. The molecule has 0 spiro atoms. The first kappa shape index (κ1) is 35.9. The third-order valence-corrected chi connectivity index (χ3v) is 5.75. The van der Waals surface area contributed by atoms with Crippen molar-refractivity contribution in [3.63, 3.8) is 0 Å². The van der Waals surface area contributed by atoms with Gasteiger partial charge < -0.3 is 24.6 Å². The zero-order valence-corrected chi connectivity index (χ0v) is 23.5. The Morgan fingerprint density at radius 1 is 0.816 bits per heavy atom. The molecule has 0 saturated carbocycles. The standard InChI is InChI=1S/C27H45O10P/c1-3-5-6-7-8-9-10-11-12-13-14-15-16-17-18-19-27(31)37-25(22-34-26(30)4-2)23-36-38(32,33)35-21-24(29)20-28/h5-6,8-9,11-12,14-15,24-25,28-29H,3-4,7,10,13,16-23H2,1-2H3,(H,32,33)/b6-5-,9-8-,12-11-,15-14-. The van der Waals surface area contributed by atoms with Crippen molar-refractivity contribution in [2.45, 2.75) is 83.8 Å². The van der Waals surface area contributed by atoms with E-state index < -0.39 is 51.8 Å². The van der Waals surface area contributed by atoms with Crippen LogP contribution in [0.4, 0.5) is 0 Å². The van der Waals surface area contributed by atoms with Gasteiger partial charge in [-0.25, -0.2) is 4.57 Å². The summed E-state index contributed by atoms with van der Waals surface area (Å²) >= 11 is 0. The second-order valence-corrected chi connectivity index (χ2v) is 9.75. The number of aliphatic hydroxyl groups is 2. The topological polar surface area (TPSA) is 149 Å². The molecule has 0 aliphatic carbocycles. The van der Waals surface area contributed by atoms with Crippen molar-refractivity contribution in [1.29, 1.82) is 0 Å². The van der Waals surface area contributed by atoms with Crippen molar-refractivity contribution >= 4 is 19.8 Å². The molecule has 0 heterocycles. The third-order valence-electron chi connectivity index (χ3n) is 4.80. The number of hydrogen-bond donors (Lipinski definition) is 3. The van der Waals surface area contributed by atoms with E-state index in [0.717, 1.165) is 38.5 Å². The summed E-state index contributed by atoms with van der Waals surface area (Å²) in [6, 6.07) is 0. The molecule has 38 heavy (non-hydrogen) atoms. The molecule has 3 atom stereocenters. The number of carbonyl (C=O) groups excluding carboxylic acids is 2. The minimum atomic E-state index is -4.59. The van der Waals surface area contributed by atoms with Crippen LogP contribution in [0.15, 0.2) is 48.6 Å². The summed E-state index contributed by atoms with van der Waals surface area (Å²) in [5, 5.41) is 18.0. The first-order valence-electron chi connectivity index (χ1n) is 13.1. The van der Waals surface area contributed by atoms with Gasteiger partial charge in [0, 0.05) is 12.8 Å². The molecular weight excluding hydrogens is 515 g/mol. The highest BCUT2D eigenvalue weighted by molar-refractivity contribution is 7.47. The molecule has 0 aliphatic heterocycles. The number of unbranched alkanes of at least 4 members (excludes halogenated alkanes) is 2. The zero-order chi connectivity index (χ0) is 28.5. The molecule has 3 unspecified atom stereocenters. The molecule has 0 aromatic heterocycles. The molecular formula is C27H45O10P. The van der Waals surface area contributed by atoms with E-state index >= 15 is 0 Å². The second kappa shape index (κ2) is 24.0. The quantitative estimate of drug-likeness (QED) is 0.0694. The summed E-state index contributed by atoms with van der Waals surface area (Å²) in [5.41, 5.74) is 0. The van der Waals surface area contributed by atoms with Crippen LogP contribution in [-0.4, -0.2) is 65.7 Å². The molecule has 0 aromatic rings. The highest BCUT2D eigenvalue weighted by atomic mass is 31.2. The minimum Gasteiger partial charge on any atom is -0.462 e. The molecule has 0 fully saturated rings. The van der Waals surface area contributed by atoms with Crippen LogP contribution in [0.5, 0.6) is 0 Å². The molecule has 11 heteroatoms. The van der Waals surface area contributed by atoms with Gasteiger partial charge in [0.1, 0.15) is 12.7 Å². The van der Waals surface area contributed by atoms with Gasteiger partial charge in [-0.2, -0.15) is 0 Å². The highest BCUT2D eigenvalue weighted by Crippen LogP contribution is 2.43. The largest absolute Gasteiger partial charge is 0.472 e. The summed E-state index contributed by atoms with van der Waals surface area (Å²) in [6.45, 7) is 1.52. The van der Waals surface area contributed by atoms with Gasteiger partial charge >= 0.3 is 19.8 Å². The van der Waals surface area contributed by atoms with E-state index in [4.69, 9.17) is 19.1 Å². The normalized spacial score (nSPS) is 15.4. The number of ether oxygens (including phenoxy) is 2. The number of esters is 2. The van der Waals surface area contributed by atoms with Gasteiger partial charge in [-0.3, -0.25) is 18.6 Å². The molecule has 0 aliphatic rings. The van der Waals surface area contributed by atoms with E-state index in [1.807, 2.05) is 0 Å². The Morgan fingerprint density at radius 3 is 1.97 bits per heavy atom. The molecule has 0 amide bonds. The Labute approximate surface area is 226 Å². The third kappa shape index (κ3) is 23.1. The number of phosphoric acid groups is 1. The van der Waals surface area contributed by atoms with Gasteiger partial charge in [0.2, 0.25) is 0 Å². The molecule has 0 rings (SSSR count). The highest BCUT2D eigenvalue weighted by Gasteiger charge is 2.26. The van der Waals surface area contributed by atoms with Crippen LogP contribution in [-0.2, 0) is 32.7 Å². The van der Waals surface area contributed by atoms with Crippen LogP contribution in [0.2, 0.25) is 0 Å². The SMILES string of the molecule is CC/C=C\C/C=C\C/C=C\C/C=C\CCCCC(=O)OC(COC(=O)CC)COP(=O)(O)OCC(O)CO. The van der Waals surface area contributed by atoms with Crippen LogP contribution < -0.4 is 0 Å². The van der Waals surface area contributed by atoms with Crippen molar-refractivity contribution < 1.29 is 47.8 Å². The van der Waals surface area contributed by atoms with Crippen LogP contribution in [0.1, 0.15) is 71.6 Å². The molecule has 10 nitrogen and oxygen atoms in total. The van der Waals surface area contributed by atoms with E-state index in [1.54, 1.807) is 6.92 Å². The smallest absolute Gasteiger partial charge is 0.462 e. The van der Waals surface area contributed by atoms with E-state index in [9.17, 15) is 24.2 Å². The van der Waals surface area contributed by atoms with Crippen molar-refractivity contribution in [3.05, 3.63) is 48.6 Å². The van der Waals surface area contributed by atoms with E-state index in [1.165, 1.54) is 0 Å². The summed E-state index contributed by atoms with van der Waals surface area (Å²) in [4.78, 5) is 33.3. The number of carbonyl (C=O) groups is 2. The first-order valence-corrected chi connectivity index (χ1v) is 14.6. The monoisotopic (exact) mass is 560 g/mol. The van der Waals surface area contributed by atoms with Crippen LogP contribution in [0, 0.1) is 0 Å². The number of aliphatic hydroxyl groups excluding tert-OH is 2. The van der Waals surface area contributed by atoms with Gasteiger partial charge in [-0.05, 0) is 44.9 Å². The Hall–Kier alpha value is -2.07. The van der Waals surface area contributed by atoms with Gasteiger partial charge in [-0.15, -0.1) is 0 Å². The molecule has 3 N–H and O–H groups in total. The summed E-state index contributed by atoms with van der Waals surface area (Å²) in [7, 11) is -4.59. The summed E-state index contributed by atoms with van der Waals surface area (Å²) in [6.07, 6.45) is 20.7. The van der Waals surface area contributed by atoms with Gasteiger partial charge in [-0.1, -0.05) is 62.5 Å². The molecule has 0 saturated heterocycles. The van der Waals surface area contributed by atoms with Gasteiger partial charge in [0.05, 0.1) is 19.8 Å². The molecule has 0 aromatic carbocycles. The maximum atomic E-state index is 12.2. The maximum Gasteiger partial charge on any atom is 0.472 e. The van der Waals surface area contributed by atoms with Crippen molar-refractivity contribution in [2.75, 3.05) is 26.4 Å². The molecule has 218 valence electrons. The number of allylic oxidation sites excluding steroid dienone is 8. The van der Waals surface area contributed by atoms with E-state index in [-0.39, 0.29) is 19.4 Å². The van der Waals surface area contributed by atoms with Crippen LogP contribution in [0.3, 0.4) is 0 Å². The lowest BCUT2D eigenvalue weighted by Gasteiger charge is -2.20. The predicted octanol–water partition coefficient (Wildman–Crippen LogP) is 4.70. The van der Waals surface area contributed by atoms with Crippen molar-refractivity contribution in [3.8, 4) is 0 Å². The second-order valence-electron chi connectivity index (χ2n) is 8.29. The lowest BCUT2D eigenvalue weighted by atomic mass is 10.2. The van der Waals surface area contributed by atoms with Crippen molar-refractivity contribution in [1.82, 2.24) is 0 Å². The Bertz CT molecular complexity index is 791. The van der Waals surface area contributed by atoms with Gasteiger partial charge in [0.15, 0.2) is 6.10 Å². The van der Waals surface area contributed by atoms with E-state index in [2.05, 4.69) is 60.1 Å². The van der Waals surface area contributed by atoms with E-state index in [0.29, 0.717) is 6.42 Å². The Morgan fingerprint density at radius 2 is 1.39 bits per heavy atom. The first-order chi connectivity index (χ1) is 18.2. The predicted molar refractivity (Wildman–Crippen MR) is 145 cm³/mol.